The maximum absolute atomic E-state index is 9.49. The lowest BCUT2D eigenvalue weighted by Crippen LogP contribution is -2.41. The van der Waals surface area contributed by atoms with Gasteiger partial charge in [-0.15, -0.1) is 0 Å². The Hall–Kier alpha value is -0.120. The van der Waals surface area contributed by atoms with Crippen LogP contribution in [0.25, 0.3) is 0 Å². The molecule has 0 aromatic rings. The Morgan fingerprint density at radius 1 is 1.47 bits per heavy atom. The number of nitrogens with one attached hydrogen (secondary N) is 1. The van der Waals surface area contributed by atoms with E-state index in [2.05, 4.69) is 31.0 Å². The summed E-state index contributed by atoms with van der Waals surface area (Å²) in [4.78, 5) is 2.39. The van der Waals surface area contributed by atoms with Gasteiger partial charge < -0.3 is 15.3 Å². The van der Waals surface area contributed by atoms with Crippen LogP contribution in [0.5, 0.6) is 0 Å². The second-order valence-electron chi connectivity index (χ2n) is 5.12. The van der Waals surface area contributed by atoms with Gasteiger partial charge in [-0.2, -0.15) is 0 Å². The number of likely N-dealkylation sites (tertiary alicyclic amines) is 1. The van der Waals surface area contributed by atoms with Gasteiger partial charge in [-0.1, -0.05) is 20.8 Å². The van der Waals surface area contributed by atoms with E-state index in [1.807, 2.05) is 0 Å². The molecule has 0 aromatic heterocycles. The Labute approximate surface area is 93.9 Å². The number of rotatable bonds is 6. The number of β-amino-alcohol motifs (C(OH)–C–C–N with tert-alkyl or cyclic N) is 1. The molecule has 2 atom stereocenters. The molecule has 2 unspecified atom stereocenters. The van der Waals surface area contributed by atoms with Crippen molar-refractivity contribution in [3.63, 3.8) is 0 Å². The highest BCUT2D eigenvalue weighted by atomic mass is 16.3. The smallest absolute Gasteiger partial charge is 0.0679 e. The molecule has 0 radical (unpaired) electrons. The van der Waals surface area contributed by atoms with E-state index in [1.54, 1.807) is 0 Å². The summed E-state index contributed by atoms with van der Waals surface area (Å²) in [5, 5.41) is 12.9. The van der Waals surface area contributed by atoms with Crippen LogP contribution in [0.1, 0.15) is 33.6 Å². The molecule has 2 N–H and O–H groups in total. The molecule has 1 aliphatic rings. The van der Waals surface area contributed by atoms with Crippen LogP contribution in [0.4, 0.5) is 0 Å². The summed E-state index contributed by atoms with van der Waals surface area (Å²) in [5.41, 5.74) is 0.347. The first kappa shape index (κ1) is 12.9. The third kappa shape index (κ3) is 4.09. The molecule has 15 heavy (non-hydrogen) atoms. The van der Waals surface area contributed by atoms with E-state index in [0.717, 1.165) is 39.1 Å². The quantitative estimate of drug-likeness (QED) is 0.694. The molecule has 1 aliphatic heterocycles. The summed E-state index contributed by atoms with van der Waals surface area (Å²) in [6.45, 7) is 11.9. The predicted molar refractivity (Wildman–Crippen MR) is 64.0 cm³/mol. The molecule has 0 aliphatic carbocycles. The highest BCUT2D eigenvalue weighted by Crippen LogP contribution is 2.23. The molecule has 1 rings (SSSR count). The van der Waals surface area contributed by atoms with E-state index in [4.69, 9.17) is 0 Å². The van der Waals surface area contributed by atoms with Gasteiger partial charge in [0.2, 0.25) is 0 Å². The first-order chi connectivity index (χ1) is 7.09. The van der Waals surface area contributed by atoms with E-state index >= 15 is 0 Å². The van der Waals surface area contributed by atoms with Gasteiger partial charge in [-0.25, -0.2) is 0 Å². The van der Waals surface area contributed by atoms with Crippen LogP contribution in [0, 0.1) is 5.41 Å². The average molecular weight is 214 g/mol. The zero-order valence-electron chi connectivity index (χ0n) is 10.4. The molecule has 3 heteroatoms. The molecule has 3 nitrogen and oxygen atoms in total. The summed E-state index contributed by atoms with van der Waals surface area (Å²) in [5.74, 6) is 0. The first-order valence-corrected chi connectivity index (χ1v) is 6.21. The zero-order valence-corrected chi connectivity index (χ0v) is 10.4. The number of hydrogen-bond acceptors (Lipinski definition) is 3. The van der Waals surface area contributed by atoms with Crippen LogP contribution in [0.2, 0.25) is 0 Å². The van der Waals surface area contributed by atoms with Crippen molar-refractivity contribution in [2.75, 3.05) is 32.7 Å². The van der Waals surface area contributed by atoms with Crippen molar-refractivity contribution in [3.05, 3.63) is 0 Å². The van der Waals surface area contributed by atoms with Crippen LogP contribution in [-0.4, -0.2) is 48.8 Å². The van der Waals surface area contributed by atoms with Crippen molar-refractivity contribution >= 4 is 0 Å². The standard InChI is InChI=1S/C12H26N2O/c1-4-12(3,9-13-5-2)10-14-7-6-11(15)8-14/h11,13,15H,4-10H2,1-3H3. The van der Waals surface area contributed by atoms with Crippen molar-refractivity contribution < 1.29 is 5.11 Å². The molecule has 1 fully saturated rings. The van der Waals surface area contributed by atoms with Crippen LogP contribution in [0.15, 0.2) is 0 Å². The fourth-order valence-electron chi connectivity index (χ4n) is 2.22. The summed E-state index contributed by atoms with van der Waals surface area (Å²) >= 11 is 0. The fraction of sp³-hybridized carbons (Fsp3) is 1.00. The monoisotopic (exact) mass is 214 g/mol. The Bertz CT molecular complexity index is 186. The lowest BCUT2D eigenvalue weighted by atomic mass is 9.87. The third-order valence-corrected chi connectivity index (χ3v) is 3.51. The lowest BCUT2D eigenvalue weighted by Gasteiger charge is -2.33. The molecule has 1 heterocycles. The van der Waals surface area contributed by atoms with Crippen LogP contribution in [0.3, 0.4) is 0 Å². The number of nitrogens with zero attached hydrogens (tertiary/aromatic N) is 1. The second-order valence-corrected chi connectivity index (χ2v) is 5.12. The minimum atomic E-state index is -0.0924. The maximum Gasteiger partial charge on any atom is 0.0679 e. The van der Waals surface area contributed by atoms with E-state index in [9.17, 15) is 5.11 Å². The van der Waals surface area contributed by atoms with E-state index in [0.29, 0.717) is 5.41 Å². The molecule has 90 valence electrons. The summed E-state index contributed by atoms with van der Waals surface area (Å²) in [7, 11) is 0. The second kappa shape index (κ2) is 5.83. The lowest BCUT2D eigenvalue weighted by molar-refractivity contribution is 0.144. The highest BCUT2D eigenvalue weighted by Gasteiger charge is 2.28. The van der Waals surface area contributed by atoms with E-state index in [1.165, 1.54) is 6.42 Å². The third-order valence-electron chi connectivity index (χ3n) is 3.51. The van der Waals surface area contributed by atoms with Gasteiger partial charge in [0, 0.05) is 26.2 Å². The van der Waals surface area contributed by atoms with Crippen molar-refractivity contribution in [2.45, 2.75) is 39.7 Å². The topological polar surface area (TPSA) is 35.5 Å². The van der Waals surface area contributed by atoms with Gasteiger partial charge in [-0.05, 0) is 24.8 Å². The number of hydrogen-bond donors (Lipinski definition) is 2. The van der Waals surface area contributed by atoms with Gasteiger partial charge >= 0.3 is 0 Å². The van der Waals surface area contributed by atoms with Gasteiger partial charge in [0.05, 0.1) is 6.10 Å². The minimum Gasteiger partial charge on any atom is -0.392 e. The Morgan fingerprint density at radius 2 is 2.20 bits per heavy atom. The van der Waals surface area contributed by atoms with E-state index < -0.39 is 0 Å². The van der Waals surface area contributed by atoms with Gasteiger partial charge in [-0.3, -0.25) is 0 Å². The molecule has 0 aromatic carbocycles. The highest BCUT2D eigenvalue weighted by molar-refractivity contribution is 4.83. The zero-order chi connectivity index (χ0) is 11.3. The largest absolute Gasteiger partial charge is 0.392 e. The SMILES string of the molecule is CCNCC(C)(CC)CN1CCC(O)C1. The van der Waals surface area contributed by atoms with Crippen LogP contribution in [-0.2, 0) is 0 Å². The Kier molecular flexibility index (Phi) is 5.03. The average Bonchev–Trinajstić information content (AvgIpc) is 2.61. The fourth-order valence-corrected chi connectivity index (χ4v) is 2.22. The van der Waals surface area contributed by atoms with Gasteiger partial charge in [0.1, 0.15) is 0 Å². The summed E-state index contributed by atoms with van der Waals surface area (Å²) < 4.78 is 0. The maximum atomic E-state index is 9.49. The molecule has 0 amide bonds. The molecule has 0 bridgehead atoms. The van der Waals surface area contributed by atoms with Crippen molar-refractivity contribution in [3.8, 4) is 0 Å². The van der Waals surface area contributed by atoms with Crippen LogP contribution < -0.4 is 5.32 Å². The number of aliphatic hydroxyl groups is 1. The predicted octanol–water partition coefficient (Wildman–Crippen LogP) is 1.08. The Balaban J connectivity index is 2.37. The number of aliphatic hydroxyl groups excluding tert-OH is 1. The normalized spacial score (nSPS) is 26.8. The molecule has 1 saturated heterocycles. The molecular formula is C12H26N2O. The molecule has 0 spiro atoms. The van der Waals surface area contributed by atoms with Gasteiger partial charge in [0.25, 0.3) is 0 Å². The van der Waals surface area contributed by atoms with Gasteiger partial charge in [0.15, 0.2) is 0 Å². The van der Waals surface area contributed by atoms with E-state index in [-0.39, 0.29) is 6.10 Å². The van der Waals surface area contributed by atoms with Crippen LogP contribution >= 0.6 is 0 Å². The molecule has 0 saturated carbocycles. The minimum absolute atomic E-state index is 0.0924. The van der Waals surface area contributed by atoms with Crippen molar-refractivity contribution in [1.29, 1.82) is 0 Å². The van der Waals surface area contributed by atoms with Crippen molar-refractivity contribution in [1.82, 2.24) is 10.2 Å². The Morgan fingerprint density at radius 3 is 2.67 bits per heavy atom. The molecular weight excluding hydrogens is 188 g/mol. The summed E-state index contributed by atoms with van der Waals surface area (Å²) in [6.07, 6.45) is 2.04. The first-order valence-electron chi connectivity index (χ1n) is 6.21. The van der Waals surface area contributed by atoms with Crippen molar-refractivity contribution in [2.24, 2.45) is 5.41 Å². The summed E-state index contributed by atoms with van der Waals surface area (Å²) in [6, 6.07) is 0.